The summed E-state index contributed by atoms with van der Waals surface area (Å²) < 4.78 is 36.0. The summed E-state index contributed by atoms with van der Waals surface area (Å²) in [5.74, 6) is -0.524. The highest BCUT2D eigenvalue weighted by atomic mass is 32.2. The van der Waals surface area contributed by atoms with Gasteiger partial charge in [0.2, 0.25) is 15.8 Å². The number of hydrogen-bond donors (Lipinski definition) is 0. The van der Waals surface area contributed by atoms with Crippen LogP contribution < -0.4 is 4.74 Å². The van der Waals surface area contributed by atoms with Crippen LogP contribution in [0.5, 0.6) is 5.75 Å². The number of ketones is 1. The van der Waals surface area contributed by atoms with Gasteiger partial charge in [0, 0.05) is 19.7 Å². The van der Waals surface area contributed by atoms with Crippen molar-refractivity contribution in [1.29, 1.82) is 0 Å². The number of nitrogens with zero attached hydrogens (tertiary/aromatic N) is 1. The van der Waals surface area contributed by atoms with Crippen LogP contribution in [0.4, 0.5) is 0 Å². The van der Waals surface area contributed by atoms with Crippen LogP contribution in [0.3, 0.4) is 0 Å². The van der Waals surface area contributed by atoms with Gasteiger partial charge in [0.05, 0.1) is 17.6 Å². The lowest BCUT2D eigenvalue weighted by atomic mass is 10.1. The van der Waals surface area contributed by atoms with Gasteiger partial charge in [-0.3, -0.25) is 4.79 Å². The molecule has 0 unspecified atom stereocenters. The number of sulfonamides is 1. The van der Waals surface area contributed by atoms with Crippen LogP contribution in [0.25, 0.3) is 0 Å². The van der Waals surface area contributed by atoms with E-state index in [1.165, 1.54) is 46.3 Å². The van der Waals surface area contributed by atoms with Crippen LogP contribution in [0.2, 0.25) is 0 Å². The Bertz CT molecular complexity index is 980. The summed E-state index contributed by atoms with van der Waals surface area (Å²) in [4.78, 5) is 25.0. The van der Waals surface area contributed by atoms with Crippen LogP contribution in [0.15, 0.2) is 47.4 Å². The lowest BCUT2D eigenvalue weighted by Gasteiger charge is -2.16. The Labute approximate surface area is 164 Å². The Balaban J connectivity index is 2.22. The summed E-state index contributed by atoms with van der Waals surface area (Å²) in [7, 11) is 0.636. The minimum Gasteiger partial charge on any atom is -0.497 e. The summed E-state index contributed by atoms with van der Waals surface area (Å²) in [6.45, 7) is 3.14. The third-order valence-electron chi connectivity index (χ3n) is 4.24. The highest BCUT2D eigenvalue weighted by Crippen LogP contribution is 2.20. The molecular formula is C20H23NO6S. The average Bonchev–Trinajstić information content (AvgIpc) is 2.67. The molecule has 150 valence electrons. The number of hydrogen-bond acceptors (Lipinski definition) is 6. The number of esters is 1. The predicted octanol–water partition coefficient (Wildman–Crippen LogP) is 2.68. The molecule has 0 spiro atoms. The fraction of sp³-hybridized carbons (Fsp3) is 0.300. The molecule has 0 saturated heterocycles. The van der Waals surface area contributed by atoms with E-state index < -0.39 is 22.1 Å². The van der Waals surface area contributed by atoms with E-state index in [9.17, 15) is 18.0 Å². The molecule has 0 heterocycles. The van der Waals surface area contributed by atoms with Crippen molar-refractivity contribution < 1.29 is 27.5 Å². The molecule has 2 rings (SSSR count). The van der Waals surface area contributed by atoms with Crippen molar-refractivity contribution in [2.75, 3.05) is 21.2 Å². The SMILES string of the molecule is COc1ccc(C(=O)[C@@H](C)OC(=O)c2cc(S(=O)(=O)N(C)C)ccc2C)cc1. The summed E-state index contributed by atoms with van der Waals surface area (Å²) in [6.07, 6.45) is -1.03. The molecule has 2 aromatic carbocycles. The fourth-order valence-corrected chi connectivity index (χ4v) is 3.39. The minimum atomic E-state index is -3.70. The second-order valence-corrected chi connectivity index (χ2v) is 8.56. The van der Waals surface area contributed by atoms with Crippen molar-refractivity contribution in [2.45, 2.75) is 24.8 Å². The van der Waals surface area contributed by atoms with E-state index in [2.05, 4.69) is 0 Å². The molecule has 28 heavy (non-hydrogen) atoms. The highest BCUT2D eigenvalue weighted by molar-refractivity contribution is 7.89. The molecule has 0 bridgehead atoms. The van der Waals surface area contributed by atoms with Gasteiger partial charge in [-0.2, -0.15) is 0 Å². The summed E-state index contributed by atoms with van der Waals surface area (Å²) in [5.41, 5.74) is 1.02. The quantitative estimate of drug-likeness (QED) is 0.520. The van der Waals surface area contributed by atoms with E-state index in [1.807, 2.05) is 0 Å². The van der Waals surface area contributed by atoms with Crippen molar-refractivity contribution >= 4 is 21.8 Å². The van der Waals surface area contributed by atoms with Gasteiger partial charge in [0.1, 0.15) is 5.75 Å². The zero-order chi connectivity index (χ0) is 21.1. The van der Waals surface area contributed by atoms with Gasteiger partial charge < -0.3 is 9.47 Å². The molecule has 0 fully saturated rings. The van der Waals surface area contributed by atoms with E-state index in [1.54, 1.807) is 31.2 Å². The van der Waals surface area contributed by atoms with Crippen molar-refractivity contribution in [3.63, 3.8) is 0 Å². The minimum absolute atomic E-state index is 0.0239. The normalized spacial score (nSPS) is 12.5. The predicted molar refractivity (Wildman–Crippen MR) is 104 cm³/mol. The molecule has 0 N–H and O–H groups in total. The smallest absolute Gasteiger partial charge is 0.339 e. The molecule has 0 aliphatic heterocycles. The zero-order valence-electron chi connectivity index (χ0n) is 16.4. The highest BCUT2D eigenvalue weighted by Gasteiger charge is 2.24. The topological polar surface area (TPSA) is 90.0 Å². The van der Waals surface area contributed by atoms with Gasteiger partial charge in [0.25, 0.3) is 0 Å². The Morgan fingerprint density at radius 3 is 2.18 bits per heavy atom. The number of carbonyl (C=O) groups is 2. The maximum atomic E-state index is 12.6. The Kier molecular flexibility index (Phi) is 6.58. The molecule has 0 amide bonds. The van der Waals surface area contributed by atoms with Crippen LogP contribution >= 0.6 is 0 Å². The van der Waals surface area contributed by atoms with E-state index in [0.29, 0.717) is 16.9 Å². The van der Waals surface area contributed by atoms with Gasteiger partial charge in [-0.15, -0.1) is 0 Å². The molecule has 8 heteroatoms. The fourth-order valence-electron chi connectivity index (χ4n) is 2.46. The second-order valence-electron chi connectivity index (χ2n) is 6.40. The number of Topliss-reactive ketones (excluding diaryl/α,β-unsaturated/α-hetero) is 1. The van der Waals surface area contributed by atoms with Gasteiger partial charge in [-0.1, -0.05) is 6.07 Å². The lowest BCUT2D eigenvalue weighted by molar-refractivity contribution is 0.0318. The molecule has 7 nitrogen and oxygen atoms in total. The third kappa shape index (κ3) is 4.58. The Morgan fingerprint density at radius 1 is 1.04 bits per heavy atom. The van der Waals surface area contributed by atoms with Gasteiger partial charge in [-0.25, -0.2) is 17.5 Å². The number of benzene rings is 2. The van der Waals surface area contributed by atoms with Gasteiger partial charge >= 0.3 is 5.97 Å². The standard InChI is InChI=1S/C20H23NO6S/c1-13-6-11-17(28(24,25)21(3)4)12-18(13)20(23)27-14(2)19(22)15-7-9-16(26-5)10-8-15/h6-12,14H,1-5H3/t14-/m1/s1. The first-order valence-corrected chi connectivity index (χ1v) is 9.94. The van der Waals surface area contributed by atoms with Crippen molar-refractivity contribution in [2.24, 2.45) is 0 Å². The summed E-state index contributed by atoms with van der Waals surface area (Å²) in [6, 6.07) is 10.7. The molecular weight excluding hydrogens is 382 g/mol. The number of carbonyl (C=O) groups excluding carboxylic acids is 2. The maximum Gasteiger partial charge on any atom is 0.339 e. The first-order chi connectivity index (χ1) is 13.1. The lowest BCUT2D eigenvalue weighted by Crippen LogP contribution is -2.25. The second kappa shape index (κ2) is 8.53. The first-order valence-electron chi connectivity index (χ1n) is 8.50. The van der Waals surface area contributed by atoms with Crippen LogP contribution in [-0.2, 0) is 14.8 Å². The maximum absolute atomic E-state index is 12.6. The molecule has 0 radical (unpaired) electrons. The largest absolute Gasteiger partial charge is 0.497 e. The van der Waals surface area contributed by atoms with Gasteiger partial charge in [-0.05, 0) is 55.8 Å². The summed E-state index contributed by atoms with van der Waals surface area (Å²) >= 11 is 0. The first kappa shape index (κ1) is 21.6. The van der Waals surface area contributed by atoms with E-state index >= 15 is 0 Å². The van der Waals surface area contributed by atoms with Crippen molar-refractivity contribution in [3.05, 3.63) is 59.2 Å². The monoisotopic (exact) mass is 405 g/mol. The third-order valence-corrected chi connectivity index (χ3v) is 6.05. The zero-order valence-corrected chi connectivity index (χ0v) is 17.2. The molecule has 1 atom stereocenters. The Hall–Kier alpha value is -2.71. The number of ether oxygens (including phenoxy) is 2. The summed E-state index contributed by atoms with van der Waals surface area (Å²) in [5, 5.41) is 0. The molecule has 0 aromatic heterocycles. The van der Waals surface area contributed by atoms with E-state index in [-0.39, 0.29) is 16.2 Å². The van der Waals surface area contributed by atoms with Crippen molar-refractivity contribution in [3.8, 4) is 5.75 Å². The van der Waals surface area contributed by atoms with E-state index in [4.69, 9.17) is 9.47 Å². The Morgan fingerprint density at radius 2 is 1.64 bits per heavy atom. The van der Waals surface area contributed by atoms with Crippen molar-refractivity contribution in [1.82, 2.24) is 4.31 Å². The number of aryl methyl sites for hydroxylation is 1. The number of rotatable bonds is 7. The van der Waals surface area contributed by atoms with E-state index in [0.717, 1.165) is 4.31 Å². The van der Waals surface area contributed by atoms with Crippen LogP contribution in [0.1, 0.15) is 33.2 Å². The van der Waals surface area contributed by atoms with Gasteiger partial charge in [0.15, 0.2) is 6.10 Å². The number of methoxy groups -OCH3 is 1. The molecule has 0 aliphatic rings. The van der Waals surface area contributed by atoms with Crippen LogP contribution in [0, 0.1) is 6.92 Å². The molecule has 2 aromatic rings. The average molecular weight is 405 g/mol. The molecule has 0 aliphatic carbocycles. The molecule has 0 saturated carbocycles. The van der Waals surface area contributed by atoms with Crippen LogP contribution in [-0.4, -0.2) is 51.8 Å².